The van der Waals surface area contributed by atoms with Gasteiger partial charge in [-0.15, -0.1) is 0 Å². The zero-order valence-corrected chi connectivity index (χ0v) is 12.5. The van der Waals surface area contributed by atoms with Crippen LogP contribution in [0.4, 0.5) is 0 Å². The number of fused-ring (bicyclic) bond motifs is 1. The second-order valence-electron chi connectivity index (χ2n) is 5.96. The highest BCUT2D eigenvalue weighted by Gasteiger charge is 2.22. The molecule has 1 unspecified atom stereocenters. The molecule has 3 rings (SSSR count). The largest absolute Gasteiger partial charge is 0.321 e. The second kappa shape index (κ2) is 5.30. The molecule has 1 aromatic heterocycles. The summed E-state index contributed by atoms with van der Waals surface area (Å²) in [7, 11) is 0. The first-order chi connectivity index (χ1) is 10.0. The van der Waals surface area contributed by atoms with Crippen LogP contribution in [-0.4, -0.2) is 4.98 Å². The number of hydrogen-bond donors (Lipinski definition) is 1. The fourth-order valence-corrected chi connectivity index (χ4v) is 2.62. The van der Waals surface area contributed by atoms with E-state index in [-0.39, 0.29) is 0 Å². The third kappa shape index (κ3) is 2.96. The molecule has 0 spiro atoms. The van der Waals surface area contributed by atoms with Crippen LogP contribution in [-0.2, 0) is 12.0 Å². The van der Waals surface area contributed by atoms with Crippen molar-refractivity contribution >= 4 is 10.9 Å². The van der Waals surface area contributed by atoms with Crippen molar-refractivity contribution in [1.29, 1.82) is 0 Å². The minimum atomic E-state index is -0.414. The topological polar surface area (TPSA) is 38.9 Å². The molecule has 0 aliphatic rings. The highest BCUT2D eigenvalue weighted by Crippen LogP contribution is 2.23. The predicted octanol–water partition coefficient (Wildman–Crippen LogP) is 3.96. The van der Waals surface area contributed by atoms with Crippen molar-refractivity contribution < 1.29 is 0 Å². The lowest BCUT2D eigenvalue weighted by atomic mass is 9.88. The van der Waals surface area contributed by atoms with Crippen molar-refractivity contribution in [2.75, 3.05) is 0 Å². The average Bonchev–Trinajstić information content (AvgIpc) is 2.47. The van der Waals surface area contributed by atoms with E-state index >= 15 is 0 Å². The van der Waals surface area contributed by atoms with E-state index in [2.05, 4.69) is 56.3 Å². The molecule has 21 heavy (non-hydrogen) atoms. The third-order valence-electron chi connectivity index (χ3n) is 3.92. The first-order valence-corrected chi connectivity index (χ1v) is 7.25. The van der Waals surface area contributed by atoms with Crippen molar-refractivity contribution in [3.63, 3.8) is 0 Å². The molecule has 0 saturated heterocycles. The van der Waals surface area contributed by atoms with Crippen LogP contribution in [0.5, 0.6) is 0 Å². The van der Waals surface area contributed by atoms with Gasteiger partial charge in [-0.3, -0.25) is 4.98 Å². The highest BCUT2D eigenvalue weighted by atomic mass is 14.8. The van der Waals surface area contributed by atoms with Gasteiger partial charge in [0, 0.05) is 23.0 Å². The summed E-state index contributed by atoms with van der Waals surface area (Å²) in [6, 6.07) is 20.8. The maximum absolute atomic E-state index is 6.52. The molecule has 2 aromatic carbocycles. The van der Waals surface area contributed by atoms with Gasteiger partial charge < -0.3 is 5.73 Å². The number of pyridine rings is 1. The lowest BCUT2D eigenvalue weighted by Crippen LogP contribution is -2.35. The number of benzene rings is 2. The van der Waals surface area contributed by atoms with E-state index in [9.17, 15) is 0 Å². The van der Waals surface area contributed by atoms with Crippen LogP contribution in [0.2, 0.25) is 0 Å². The molecule has 3 aromatic rings. The third-order valence-corrected chi connectivity index (χ3v) is 3.92. The number of para-hydroxylation sites is 1. The van der Waals surface area contributed by atoms with Crippen LogP contribution < -0.4 is 5.73 Å². The molecule has 0 aliphatic heterocycles. The predicted molar refractivity (Wildman–Crippen MR) is 88.2 cm³/mol. The molecule has 1 heterocycles. The molecular weight excluding hydrogens is 256 g/mol. The van der Waals surface area contributed by atoms with Gasteiger partial charge in [-0.05, 0) is 31.5 Å². The summed E-state index contributed by atoms with van der Waals surface area (Å²) in [5.41, 5.74) is 10.6. The summed E-state index contributed by atoms with van der Waals surface area (Å²) < 4.78 is 0. The Morgan fingerprint density at radius 3 is 2.43 bits per heavy atom. The van der Waals surface area contributed by atoms with E-state index in [4.69, 9.17) is 10.7 Å². The van der Waals surface area contributed by atoms with Crippen LogP contribution in [0.3, 0.4) is 0 Å². The molecule has 1 atom stereocenters. The van der Waals surface area contributed by atoms with Crippen LogP contribution in [0.15, 0.2) is 60.7 Å². The minimum Gasteiger partial charge on any atom is -0.321 e. The Hall–Kier alpha value is -2.19. The molecule has 2 heteroatoms. The smallest absolute Gasteiger partial charge is 0.0705 e. The molecule has 0 fully saturated rings. The van der Waals surface area contributed by atoms with Crippen LogP contribution in [0.25, 0.3) is 10.9 Å². The van der Waals surface area contributed by atoms with Gasteiger partial charge in [0.15, 0.2) is 0 Å². The molecule has 0 radical (unpaired) electrons. The van der Waals surface area contributed by atoms with Crippen LogP contribution in [0.1, 0.15) is 23.7 Å². The average molecular weight is 276 g/mol. The Bertz CT molecular complexity index is 758. The standard InChI is InChI=1S/C19H20N2/c1-14-7-10-16(11-8-14)19(2,20)13-17-12-9-15-5-3-4-6-18(15)21-17/h3-12H,13,20H2,1-2H3. The second-order valence-corrected chi connectivity index (χ2v) is 5.96. The van der Waals surface area contributed by atoms with Crippen molar-refractivity contribution in [1.82, 2.24) is 4.98 Å². The van der Waals surface area contributed by atoms with Gasteiger partial charge in [-0.1, -0.05) is 54.1 Å². The Morgan fingerprint density at radius 1 is 0.952 bits per heavy atom. The van der Waals surface area contributed by atoms with Crippen molar-refractivity contribution in [3.8, 4) is 0 Å². The summed E-state index contributed by atoms with van der Waals surface area (Å²) >= 11 is 0. The summed E-state index contributed by atoms with van der Waals surface area (Å²) in [6.45, 7) is 4.15. The lowest BCUT2D eigenvalue weighted by molar-refractivity contribution is 0.486. The number of nitrogens with two attached hydrogens (primary N) is 1. The van der Waals surface area contributed by atoms with Gasteiger partial charge in [-0.25, -0.2) is 0 Å². The summed E-state index contributed by atoms with van der Waals surface area (Å²) in [6.07, 6.45) is 0.723. The van der Waals surface area contributed by atoms with Gasteiger partial charge in [-0.2, -0.15) is 0 Å². The van der Waals surface area contributed by atoms with E-state index in [0.29, 0.717) is 0 Å². The molecule has 0 saturated carbocycles. The Morgan fingerprint density at radius 2 is 1.67 bits per heavy atom. The first-order valence-electron chi connectivity index (χ1n) is 7.25. The summed E-state index contributed by atoms with van der Waals surface area (Å²) in [5, 5.41) is 1.16. The van der Waals surface area contributed by atoms with E-state index in [1.54, 1.807) is 0 Å². The SMILES string of the molecule is Cc1ccc(C(C)(N)Cc2ccc3ccccc3n2)cc1. The molecule has 0 bridgehead atoms. The molecule has 106 valence electrons. The fourth-order valence-electron chi connectivity index (χ4n) is 2.62. The van der Waals surface area contributed by atoms with Crippen LogP contribution >= 0.6 is 0 Å². The zero-order valence-electron chi connectivity index (χ0n) is 12.5. The van der Waals surface area contributed by atoms with Crippen molar-refractivity contribution in [3.05, 3.63) is 77.5 Å². The summed E-state index contributed by atoms with van der Waals surface area (Å²) in [5.74, 6) is 0. The number of hydrogen-bond acceptors (Lipinski definition) is 2. The normalized spacial score (nSPS) is 14.0. The molecule has 2 N–H and O–H groups in total. The van der Waals surface area contributed by atoms with Crippen LogP contribution in [0, 0.1) is 6.92 Å². The number of aromatic nitrogens is 1. The highest BCUT2D eigenvalue weighted by molar-refractivity contribution is 5.78. The van der Waals surface area contributed by atoms with E-state index in [0.717, 1.165) is 28.6 Å². The van der Waals surface area contributed by atoms with E-state index < -0.39 is 5.54 Å². The van der Waals surface area contributed by atoms with E-state index in [1.807, 2.05) is 18.2 Å². The zero-order chi connectivity index (χ0) is 14.9. The van der Waals surface area contributed by atoms with Gasteiger partial charge in [0.1, 0.15) is 0 Å². The Labute approximate surface area is 125 Å². The Balaban J connectivity index is 1.91. The number of aryl methyl sites for hydroxylation is 1. The molecule has 0 aliphatic carbocycles. The lowest BCUT2D eigenvalue weighted by Gasteiger charge is -2.25. The van der Waals surface area contributed by atoms with Crippen molar-refractivity contribution in [2.45, 2.75) is 25.8 Å². The van der Waals surface area contributed by atoms with Gasteiger partial charge in [0.25, 0.3) is 0 Å². The molecule has 0 amide bonds. The van der Waals surface area contributed by atoms with Gasteiger partial charge in [0.2, 0.25) is 0 Å². The van der Waals surface area contributed by atoms with Gasteiger partial charge >= 0.3 is 0 Å². The van der Waals surface area contributed by atoms with E-state index in [1.165, 1.54) is 5.56 Å². The number of nitrogens with zero attached hydrogens (tertiary/aromatic N) is 1. The first kappa shape index (κ1) is 13.8. The Kier molecular flexibility index (Phi) is 3.48. The maximum atomic E-state index is 6.52. The summed E-state index contributed by atoms with van der Waals surface area (Å²) in [4.78, 5) is 4.72. The number of rotatable bonds is 3. The molecule has 2 nitrogen and oxygen atoms in total. The fraction of sp³-hybridized carbons (Fsp3) is 0.211. The maximum Gasteiger partial charge on any atom is 0.0705 e. The minimum absolute atomic E-state index is 0.414. The van der Waals surface area contributed by atoms with Gasteiger partial charge in [0.05, 0.1) is 5.52 Å². The van der Waals surface area contributed by atoms with Crippen molar-refractivity contribution in [2.24, 2.45) is 5.73 Å². The molecular formula is C19H20N2. The monoisotopic (exact) mass is 276 g/mol. The quantitative estimate of drug-likeness (QED) is 0.786.